The summed E-state index contributed by atoms with van der Waals surface area (Å²) in [5.41, 5.74) is 6.15. The summed E-state index contributed by atoms with van der Waals surface area (Å²) >= 11 is 0. The van der Waals surface area contributed by atoms with E-state index in [0.29, 0.717) is 6.54 Å². The number of nitrogen functional groups attached to an aromatic ring is 1. The molecule has 1 fully saturated rings. The van der Waals surface area contributed by atoms with Gasteiger partial charge >= 0.3 is 0 Å². The molecule has 3 rings (SSSR count). The smallest absolute Gasteiger partial charge is 0.252 e. The van der Waals surface area contributed by atoms with Crippen LogP contribution in [0.15, 0.2) is 40.1 Å². The fourth-order valence-corrected chi connectivity index (χ4v) is 2.88. The maximum Gasteiger partial charge on any atom is 0.252 e. The maximum atomic E-state index is 11.7. The summed E-state index contributed by atoms with van der Waals surface area (Å²) in [6.07, 6.45) is 2.74. The molecule has 0 bridgehead atoms. The molecule has 7 nitrogen and oxygen atoms in total. The van der Waals surface area contributed by atoms with Crippen LogP contribution in [0.5, 0.6) is 0 Å². The number of rotatable bonds is 4. The lowest BCUT2D eigenvalue weighted by Crippen LogP contribution is -2.29. The van der Waals surface area contributed by atoms with Crippen LogP contribution in [0.1, 0.15) is 18.0 Å². The second kappa shape index (κ2) is 6.15. The lowest BCUT2D eigenvalue weighted by molar-refractivity contribution is 0.316. The summed E-state index contributed by atoms with van der Waals surface area (Å²) in [5, 5.41) is 0. The maximum absolute atomic E-state index is 11.7. The molecule has 1 aliphatic heterocycles. The number of pyridine rings is 1. The largest absolute Gasteiger partial charge is 0.369 e. The fraction of sp³-hybridized carbons (Fsp3) is 0.400. The van der Waals surface area contributed by atoms with Crippen LogP contribution < -0.4 is 16.9 Å². The van der Waals surface area contributed by atoms with Gasteiger partial charge in [0.1, 0.15) is 0 Å². The minimum Gasteiger partial charge on any atom is -0.369 e. The minimum atomic E-state index is -0.211. The number of nitrogens with two attached hydrogens (primary N) is 1. The number of nitrogens with one attached hydrogen (secondary N) is 1. The minimum absolute atomic E-state index is 0.0160. The lowest BCUT2D eigenvalue weighted by Gasteiger charge is -2.16. The number of anilines is 1. The van der Waals surface area contributed by atoms with Crippen LogP contribution in [0.4, 0.5) is 5.95 Å². The van der Waals surface area contributed by atoms with Gasteiger partial charge in [0.15, 0.2) is 0 Å². The molecule has 0 aliphatic carbocycles. The Morgan fingerprint density at radius 2 is 2.18 bits per heavy atom. The van der Waals surface area contributed by atoms with Gasteiger partial charge in [-0.1, -0.05) is 6.07 Å². The molecule has 2 aromatic heterocycles. The van der Waals surface area contributed by atoms with Crippen LogP contribution in [0.3, 0.4) is 0 Å². The Kier molecular flexibility index (Phi) is 4.06. The second-order valence-electron chi connectivity index (χ2n) is 5.57. The molecule has 22 heavy (non-hydrogen) atoms. The highest BCUT2D eigenvalue weighted by molar-refractivity contribution is 5.20. The first kappa shape index (κ1) is 14.5. The van der Waals surface area contributed by atoms with Crippen molar-refractivity contribution in [3.63, 3.8) is 0 Å². The van der Waals surface area contributed by atoms with Gasteiger partial charge in [-0.3, -0.25) is 14.6 Å². The molecule has 116 valence electrons. The molecule has 0 saturated carbocycles. The van der Waals surface area contributed by atoms with Crippen LogP contribution in [0.2, 0.25) is 0 Å². The molecule has 0 aromatic carbocycles. The average molecular weight is 301 g/mol. The Hall–Kier alpha value is -2.41. The van der Waals surface area contributed by atoms with Gasteiger partial charge in [-0.05, 0) is 19.0 Å². The molecule has 0 spiro atoms. The van der Waals surface area contributed by atoms with E-state index in [9.17, 15) is 9.59 Å². The molecular weight excluding hydrogens is 282 g/mol. The molecule has 2 aromatic rings. The molecule has 1 atom stereocenters. The standard InChI is InChI=1S/C15H19N5O2/c16-15-17-12(9-13(21)18-15)11-4-6-19(10-11)7-8-20-5-2-1-3-14(20)22/h1-3,5,9,11H,4,6-8,10H2,(H3,16,17,18,21). The second-order valence-corrected chi connectivity index (χ2v) is 5.57. The van der Waals surface area contributed by atoms with Crippen molar-refractivity contribution in [1.82, 2.24) is 19.4 Å². The predicted octanol–water partition coefficient (Wildman–Crippen LogP) is 0.00330. The van der Waals surface area contributed by atoms with E-state index in [1.807, 2.05) is 6.07 Å². The summed E-state index contributed by atoms with van der Waals surface area (Å²) in [6.45, 7) is 3.23. The first-order valence-corrected chi connectivity index (χ1v) is 7.36. The molecule has 7 heteroatoms. The highest BCUT2D eigenvalue weighted by atomic mass is 16.1. The molecule has 3 heterocycles. The summed E-state index contributed by atoms with van der Waals surface area (Å²) in [5.74, 6) is 0.383. The number of hydrogen-bond donors (Lipinski definition) is 2. The van der Waals surface area contributed by atoms with E-state index in [-0.39, 0.29) is 23.0 Å². The molecule has 1 saturated heterocycles. The van der Waals surface area contributed by atoms with Gasteiger partial charge < -0.3 is 15.2 Å². The number of likely N-dealkylation sites (tertiary alicyclic amines) is 1. The number of aromatic nitrogens is 3. The van der Waals surface area contributed by atoms with Gasteiger partial charge in [0.2, 0.25) is 5.95 Å². The third kappa shape index (κ3) is 3.25. The van der Waals surface area contributed by atoms with Crippen molar-refractivity contribution in [2.45, 2.75) is 18.9 Å². The van der Waals surface area contributed by atoms with Gasteiger partial charge in [0.25, 0.3) is 11.1 Å². The molecule has 3 N–H and O–H groups in total. The van der Waals surface area contributed by atoms with Crippen LogP contribution in [0, 0.1) is 0 Å². The molecule has 0 radical (unpaired) electrons. The van der Waals surface area contributed by atoms with Crippen LogP contribution in [0.25, 0.3) is 0 Å². The first-order chi connectivity index (χ1) is 10.6. The van der Waals surface area contributed by atoms with Gasteiger partial charge in [-0.2, -0.15) is 0 Å². The van der Waals surface area contributed by atoms with E-state index in [1.54, 1.807) is 22.9 Å². The van der Waals surface area contributed by atoms with Crippen molar-refractivity contribution in [2.75, 3.05) is 25.4 Å². The van der Waals surface area contributed by atoms with Crippen molar-refractivity contribution >= 4 is 5.95 Å². The van der Waals surface area contributed by atoms with E-state index in [4.69, 9.17) is 5.73 Å². The van der Waals surface area contributed by atoms with Crippen LogP contribution in [-0.4, -0.2) is 39.1 Å². The normalized spacial score (nSPS) is 18.6. The van der Waals surface area contributed by atoms with E-state index in [1.165, 1.54) is 6.07 Å². The van der Waals surface area contributed by atoms with Gasteiger partial charge in [-0.25, -0.2) is 4.98 Å². The number of aromatic amines is 1. The van der Waals surface area contributed by atoms with Crippen molar-refractivity contribution < 1.29 is 0 Å². The Morgan fingerprint density at radius 3 is 2.95 bits per heavy atom. The average Bonchev–Trinajstić information content (AvgIpc) is 2.94. The highest BCUT2D eigenvalue weighted by Crippen LogP contribution is 2.24. The molecular formula is C15H19N5O2. The first-order valence-electron chi connectivity index (χ1n) is 7.36. The van der Waals surface area contributed by atoms with E-state index in [0.717, 1.165) is 31.7 Å². The molecule has 1 aliphatic rings. The Morgan fingerprint density at radius 1 is 1.32 bits per heavy atom. The Balaban J connectivity index is 1.62. The molecule has 0 amide bonds. The number of hydrogen-bond acceptors (Lipinski definition) is 5. The summed E-state index contributed by atoms with van der Waals surface area (Å²) < 4.78 is 1.71. The lowest BCUT2D eigenvalue weighted by atomic mass is 10.1. The van der Waals surface area contributed by atoms with Gasteiger partial charge in [-0.15, -0.1) is 0 Å². The zero-order chi connectivity index (χ0) is 15.5. The fourth-order valence-electron chi connectivity index (χ4n) is 2.88. The van der Waals surface area contributed by atoms with E-state index >= 15 is 0 Å². The number of H-pyrrole nitrogens is 1. The van der Waals surface area contributed by atoms with Crippen LogP contribution in [-0.2, 0) is 6.54 Å². The summed E-state index contributed by atoms with van der Waals surface area (Å²) in [6, 6.07) is 6.69. The summed E-state index contributed by atoms with van der Waals surface area (Å²) in [7, 11) is 0. The van der Waals surface area contributed by atoms with Gasteiger partial charge in [0, 0.05) is 43.9 Å². The number of nitrogens with zero attached hydrogens (tertiary/aromatic N) is 3. The monoisotopic (exact) mass is 301 g/mol. The quantitative estimate of drug-likeness (QED) is 0.828. The van der Waals surface area contributed by atoms with Crippen molar-refractivity contribution in [1.29, 1.82) is 0 Å². The van der Waals surface area contributed by atoms with Crippen LogP contribution >= 0.6 is 0 Å². The third-order valence-corrected chi connectivity index (χ3v) is 4.03. The van der Waals surface area contributed by atoms with Crippen molar-refractivity contribution in [3.05, 3.63) is 56.9 Å². The predicted molar refractivity (Wildman–Crippen MR) is 83.8 cm³/mol. The van der Waals surface area contributed by atoms with Crippen molar-refractivity contribution in [2.24, 2.45) is 0 Å². The van der Waals surface area contributed by atoms with Crippen molar-refractivity contribution in [3.8, 4) is 0 Å². The van der Waals surface area contributed by atoms with E-state index < -0.39 is 0 Å². The highest BCUT2D eigenvalue weighted by Gasteiger charge is 2.25. The topological polar surface area (TPSA) is 97.0 Å². The van der Waals surface area contributed by atoms with E-state index in [2.05, 4.69) is 14.9 Å². The van der Waals surface area contributed by atoms with Gasteiger partial charge in [0.05, 0.1) is 5.69 Å². The Bertz CT molecular complexity index is 767. The SMILES string of the molecule is Nc1nc(C2CCN(CCn3ccccc3=O)C2)cc(=O)[nH]1. The molecule has 1 unspecified atom stereocenters. The third-order valence-electron chi connectivity index (χ3n) is 4.03. The Labute approximate surface area is 127 Å². The zero-order valence-corrected chi connectivity index (χ0v) is 12.2. The summed E-state index contributed by atoms with van der Waals surface area (Å²) in [4.78, 5) is 32.1. The zero-order valence-electron chi connectivity index (χ0n) is 12.2.